The van der Waals surface area contributed by atoms with Gasteiger partial charge < -0.3 is 15.0 Å². The molecule has 3 aromatic carbocycles. The topological polar surface area (TPSA) is 58.6 Å². The smallest absolute Gasteiger partial charge is 0.242 e. The lowest BCUT2D eigenvalue weighted by atomic mass is 10.0. The van der Waals surface area contributed by atoms with Gasteiger partial charge in [0.1, 0.15) is 11.8 Å². The predicted octanol–water partition coefficient (Wildman–Crippen LogP) is 4.72. The second kappa shape index (κ2) is 11.3. The first-order chi connectivity index (χ1) is 15.5. The van der Waals surface area contributed by atoms with Crippen LogP contribution in [0.2, 0.25) is 0 Å². The molecule has 3 rings (SSSR count). The summed E-state index contributed by atoms with van der Waals surface area (Å²) < 4.78 is 5.23. The zero-order chi connectivity index (χ0) is 22.9. The first-order valence-corrected chi connectivity index (χ1v) is 11.2. The Morgan fingerprint density at radius 1 is 1.00 bits per heavy atom. The van der Waals surface area contributed by atoms with Crippen molar-refractivity contribution in [2.45, 2.75) is 45.7 Å². The zero-order valence-corrected chi connectivity index (χ0v) is 19.1. The molecule has 0 spiro atoms. The van der Waals surface area contributed by atoms with E-state index in [0.29, 0.717) is 25.9 Å². The Labute approximate surface area is 190 Å². The number of hydrogen-bond donors (Lipinski definition) is 1. The summed E-state index contributed by atoms with van der Waals surface area (Å²) >= 11 is 0. The fourth-order valence-electron chi connectivity index (χ4n) is 3.80. The Hall–Kier alpha value is -3.34. The minimum atomic E-state index is -0.552. The molecule has 0 bridgehead atoms. The third-order valence-electron chi connectivity index (χ3n) is 5.72. The van der Waals surface area contributed by atoms with Crippen LogP contribution in [0.3, 0.4) is 0 Å². The van der Waals surface area contributed by atoms with Crippen LogP contribution in [0.1, 0.15) is 37.8 Å². The third-order valence-corrected chi connectivity index (χ3v) is 5.72. The van der Waals surface area contributed by atoms with Gasteiger partial charge in [-0.3, -0.25) is 9.59 Å². The number of fused-ring (bicyclic) bond motifs is 1. The van der Waals surface area contributed by atoms with Gasteiger partial charge in [0.15, 0.2) is 0 Å². The van der Waals surface area contributed by atoms with Crippen LogP contribution in [-0.4, -0.2) is 36.4 Å². The highest BCUT2D eigenvalue weighted by molar-refractivity contribution is 5.88. The summed E-state index contributed by atoms with van der Waals surface area (Å²) in [7, 11) is 1.62. The molecule has 5 nitrogen and oxygen atoms in total. The minimum absolute atomic E-state index is 0.0344. The number of amides is 2. The van der Waals surface area contributed by atoms with Crippen LogP contribution in [0.15, 0.2) is 66.7 Å². The van der Waals surface area contributed by atoms with E-state index >= 15 is 0 Å². The van der Waals surface area contributed by atoms with E-state index in [1.54, 1.807) is 18.9 Å². The summed E-state index contributed by atoms with van der Waals surface area (Å²) in [4.78, 5) is 27.7. The lowest BCUT2D eigenvalue weighted by Gasteiger charge is -2.29. The number of rotatable bonds is 10. The number of hydrogen-bond acceptors (Lipinski definition) is 3. The standard InChI is InChI=1S/C27H32N2O3/c1-4-18-28-27(31)20(2)29(19-21-12-15-24(32-3)16-13-21)26(30)17-14-23-10-7-9-22-8-5-6-11-25(22)23/h5-13,15-16,20H,4,14,17-19H2,1-3H3,(H,28,31)/t20-/m1/s1. The van der Waals surface area contributed by atoms with Crippen molar-refractivity contribution in [3.8, 4) is 5.75 Å². The molecule has 0 saturated carbocycles. The van der Waals surface area contributed by atoms with Gasteiger partial charge in [0.05, 0.1) is 7.11 Å². The number of carbonyl (C=O) groups excluding carboxylic acids is 2. The molecular formula is C27H32N2O3. The van der Waals surface area contributed by atoms with Gasteiger partial charge in [0, 0.05) is 19.5 Å². The maximum absolute atomic E-state index is 13.3. The molecular weight excluding hydrogens is 400 g/mol. The molecule has 0 aromatic heterocycles. The average molecular weight is 433 g/mol. The number of methoxy groups -OCH3 is 1. The lowest BCUT2D eigenvalue weighted by molar-refractivity contribution is -0.140. The molecule has 0 unspecified atom stereocenters. The molecule has 0 aliphatic rings. The molecule has 5 heteroatoms. The van der Waals surface area contributed by atoms with Gasteiger partial charge in [-0.1, -0.05) is 61.5 Å². The molecule has 0 aliphatic heterocycles. The van der Waals surface area contributed by atoms with Gasteiger partial charge >= 0.3 is 0 Å². The summed E-state index contributed by atoms with van der Waals surface area (Å²) in [5.41, 5.74) is 2.10. The highest BCUT2D eigenvalue weighted by Gasteiger charge is 2.25. The Kier molecular flexibility index (Phi) is 8.26. The van der Waals surface area contributed by atoms with Crippen LogP contribution in [0, 0.1) is 0 Å². The van der Waals surface area contributed by atoms with Crippen LogP contribution in [-0.2, 0) is 22.6 Å². The van der Waals surface area contributed by atoms with Crippen molar-refractivity contribution in [2.75, 3.05) is 13.7 Å². The highest BCUT2D eigenvalue weighted by Crippen LogP contribution is 2.21. The molecule has 32 heavy (non-hydrogen) atoms. The van der Waals surface area contributed by atoms with E-state index < -0.39 is 6.04 Å². The van der Waals surface area contributed by atoms with Gasteiger partial charge in [-0.25, -0.2) is 0 Å². The van der Waals surface area contributed by atoms with Crippen LogP contribution in [0.25, 0.3) is 10.8 Å². The first-order valence-electron chi connectivity index (χ1n) is 11.2. The van der Waals surface area contributed by atoms with Crippen molar-refractivity contribution in [1.82, 2.24) is 10.2 Å². The summed E-state index contributed by atoms with van der Waals surface area (Å²) in [6.07, 6.45) is 1.82. The van der Waals surface area contributed by atoms with Crippen molar-refractivity contribution in [2.24, 2.45) is 0 Å². The summed E-state index contributed by atoms with van der Waals surface area (Å²) in [5, 5.41) is 5.25. The van der Waals surface area contributed by atoms with Crippen LogP contribution < -0.4 is 10.1 Å². The zero-order valence-electron chi connectivity index (χ0n) is 19.1. The van der Waals surface area contributed by atoms with E-state index in [9.17, 15) is 9.59 Å². The van der Waals surface area contributed by atoms with E-state index in [4.69, 9.17) is 4.74 Å². The SMILES string of the molecule is CCCNC(=O)[C@@H](C)N(Cc1ccc(OC)cc1)C(=O)CCc1cccc2ccccc12. The quantitative estimate of drug-likeness (QED) is 0.504. The molecule has 2 amide bonds. The molecule has 0 saturated heterocycles. The lowest BCUT2D eigenvalue weighted by Crippen LogP contribution is -2.47. The van der Waals surface area contributed by atoms with Crippen molar-refractivity contribution < 1.29 is 14.3 Å². The van der Waals surface area contributed by atoms with Crippen molar-refractivity contribution in [3.63, 3.8) is 0 Å². The number of nitrogens with one attached hydrogen (secondary N) is 1. The monoisotopic (exact) mass is 432 g/mol. The second-order valence-electron chi connectivity index (χ2n) is 7.97. The van der Waals surface area contributed by atoms with Crippen molar-refractivity contribution >= 4 is 22.6 Å². The van der Waals surface area contributed by atoms with Gasteiger partial charge in [0.25, 0.3) is 0 Å². The summed E-state index contributed by atoms with van der Waals surface area (Å²) in [5.74, 6) is 0.600. The molecule has 168 valence electrons. The fourth-order valence-corrected chi connectivity index (χ4v) is 3.80. The second-order valence-corrected chi connectivity index (χ2v) is 7.97. The van der Waals surface area contributed by atoms with E-state index in [1.165, 1.54) is 10.8 Å². The summed E-state index contributed by atoms with van der Waals surface area (Å²) in [6.45, 7) is 4.78. The number of ether oxygens (including phenoxy) is 1. The molecule has 3 aromatic rings. The van der Waals surface area contributed by atoms with E-state index in [0.717, 1.165) is 23.3 Å². The number of carbonyl (C=O) groups is 2. The highest BCUT2D eigenvalue weighted by atomic mass is 16.5. The Morgan fingerprint density at radius 2 is 1.72 bits per heavy atom. The van der Waals surface area contributed by atoms with Crippen molar-refractivity contribution in [3.05, 3.63) is 77.9 Å². The van der Waals surface area contributed by atoms with Crippen LogP contribution >= 0.6 is 0 Å². The molecule has 0 heterocycles. The summed E-state index contributed by atoms with van der Waals surface area (Å²) in [6, 6.07) is 21.4. The Balaban J connectivity index is 1.77. The largest absolute Gasteiger partial charge is 0.497 e. The Bertz CT molecular complexity index is 1040. The molecule has 1 atom stereocenters. The maximum Gasteiger partial charge on any atom is 0.242 e. The minimum Gasteiger partial charge on any atom is -0.497 e. The van der Waals surface area contributed by atoms with Gasteiger partial charge in [0.2, 0.25) is 11.8 Å². The van der Waals surface area contributed by atoms with E-state index in [-0.39, 0.29) is 11.8 Å². The predicted molar refractivity (Wildman–Crippen MR) is 129 cm³/mol. The van der Waals surface area contributed by atoms with Crippen molar-refractivity contribution in [1.29, 1.82) is 0 Å². The van der Waals surface area contributed by atoms with Gasteiger partial charge in [-0.15, -0.1) is 0 Å². The van der Waals surface area contributed by atoms with E-state index in [1.807, 2.05) is 49.4 Å². The van der Waals surface area contributed by atoms with Gasteiger partial charge in [-0.2, -0.15) is 0 Å². The molecule has 0 aliphatic carbocycles. The number of aryl methyl sites for hydroxylation is 1. The number of nitrogens with zero attached hydrogens (tertiary/aromatic N) is 1. The first kappa shape index (κ1) is 23.3. The van der Waals surface area contributed by atoms with Gasteiger partial charge in [-0.05, 0) is 53.8 Å². The molecule has 0 fully saturated rings. The average Bonchev–Trinajstić information content (AvgIpc) is 2.84. The third kappa shape index (κ3) is 5.88. The molecule has 1 N–H and O–H groups in total. The Morgan fingerprint density at radius 3 is 2.44 bits per heavy atom. The number of benzene rings is 3. The molecule has 0 radical (unpaired) electrons. The maximum atomic E-state index is 13.3. The fraction of sp³-hybridized carbons (Fsp3) is 0.333. The van der Waals surface area contributed by atoms with Crippen LogP contribution in [0.4, 0.5) is 0 Å². The van der Waals surface area contributed by atoms with E-state index in [2.05, 4.69) is 29.6 Å². The van der Waals surface area contributed by atoms with Crippen LogP contribution in [0.5, 0.6) is 5.75 Å². The normalized spacial score (nSPS) is 11.7.